The van der Waals surface area contributed by atoms with Crippen molar-refractivity contribution < 1.29 is 9.90 Å². The maximum absolute atomic E-state index is 12.2. The second kappa shape index (κ2) is 6.45. The van der Waals surface area contributed by atoms with Crippen LogP contribution in [-0.4, -0.2) is 58.1 Å². The molecule has 0 unspecified atom stereocenters. The molecular weight excluding hydrogens is 302 g/mol. The van der Waals surface area contributed by atoms with Gasteiger partial charge in [0, 0.05) is 57.1 Å². The topological polar surface area (TPSA) is 56.7 Å². The van der Waals surface area contributed by atoms with E-state index in [4.69, 9.17) is 0 Å². The highest BCUT2D eigenvalue weighted by Crippen LogP contribution is 2.45. The Morgan fingerprint density at radius 1 is 1.17 bits per heavy atom. The van der Waals surface area contributed by atoms with E-state index >= 15 is 0 Å². The van der Waals surface area contributed by atoms with Gasteiger partial charge in [-0.25, -0.2) is 0 Å². The Kier molecular flexibility index (Phi) is 4.31. The number of aromatic nitrogens is 1. The predicted molar refractivity (Wildman–Crippen MR) is 91.5 cm³/mol. The van der Waals surface area contributed by atoms with Crippen LogP contribution in [0.5, 0.6) is 0 Å². The maximum Gasteiger partial charge on any atom is 0.312 e. The summed E-state index contributed by atoms with van der Waals surface area (Å²) in [6.45, 7) is 4.11. The normalized spacial score (nSPS) is 32.1. The Balaban J connectivity index is 1.46. The lowest BCUT2D eigenvalue weighted by molar-refractivity contribution is -0.149. The molecule has 5 heteroatoms. The molecule has 3 fully saturated rings. The summed E-state index contributed by atoms with van der Waals surface area (Å²) >= 11 is 0. The van der Waals surface area contributed by atoms with Crippen molar-refractivity contribution in [1.82, 2.24) is 14.8 Å². The molecule has 1 aromatic heterocycles. The van der Waals surface area contributed by atoms with Crippen LogP contribution in [0.1, 0.15) is 37.7 Å². The number of likely N-dealkylation sites (tertiary alicyclic amines) is 2. The molecule has 3 heterocycles. The number of hydrogen-bond donors (Lipinski definition) is 1. The molecule has 0 aromatic carbocycles. The third-order valence-corrected chi connectivity index (χ3v) is 6.38. The van der Waals surface area contributed by atoms with Gasteiger partial charge in [-0.1, -0.05) is 19.3 Å². The van der Waals surface area contributed by atoms with Crippen molar-refractivity contribution in [3.05, 3.63) is 30.1 Å². The molecule has 0 bridgehead atoms. The van der Waals surface area contributed by atoms with Gasteiger partial charge in [-0.05, 0) is 30.5 Å². The van der Waals surface area contributed by atoms with Gasteiger partial charge in [-0.3, -0.25) is 19.6 Å². The number of nitrogens with zero attached hydrogens (tertiary/aromatic N) is 3. The summed E-state index contributed by atoms with van der Waals surface area (Å²) in [6.07, 6.45) is 10.1. The van der Waals surface area contributed by atoms with E-state index in [1.165, 1.54) is 37.7 Å². The van der Waals surface area contributed by atoms with Crippen molar-refractivity contribution in [3.8, 4) is 0 Å². The number of hydrogen-bond acceptors (Lipinski definition) is 4. The third kappa shape index (κ3) is 2.84. The van der Waals surface area contributed by atoms with Crippen LogP contribution in [0.2, 0.25) is 0 Å². The standard InChI is InChI=1S/C19H27N3O2/c23-18(24)19-13-21(10-15-6-8-20-9-7-15)11-16(19)12-22(14-19)17-4-2-1-3-5-17/h6-9,16-17H,1-5,10-14H2,(H,23,24)/t16-,19-/m1/s1. The molecule has 3 aliphatic rings. The number of aliphatic carboxylic acids is 1. The second-order valence-corrected chi connectivity index (χ2v) is 7.90. The second-order valence-electron chi connectivity index (χ2n) is 7.90. The van der Waals surface area contributed by atoms with Crippen LogP contribution in [0.25, 0.3) is 0 Å². The van der Waals surface area contributed by atoms with E-state index in [0.29, 0.717) is 12.6 Å². The third-order valence-electron chi connectivity index (χ3n) is 6.38. The minimum atomic E-state index is -0.594. The molecule has 2 atom stereocenters. The number of fused-ring (bicyclic) bond motifs is 1. The van der Waals surface area contributed by atoms with Gasteiger partial charge in [-0.15, -0.1) is 0 Å². The summed E-state index contributed by atoms with van der Waals surface area (Å²) in [4.78, 5) is 21.1. The predicted octanol–water partition coefficient (Wildman–Crippen LogP) is 2.23. The van der Waals surface area contributed by atoms with Gasteiger partial charge in [0.15, 0.2) is 0 Å². The highest BCUT2D eigenvalue weighted by Gasteiger charge is 2.58. The maximum atomic E-state index is 12.2. The van der Waals surface area contributed by atoms with E-state index in [0.717, 1.165) is 26.2 Å². The van der Waals surface area contributed by atoms with Gasteiger partial charge in [0.1, 0.15) is 0 Å². The Morgan fingerprint density at radius 2 is 1.92 bits per heavy atom. The van der Waals surface area contributed by atoms with Crippen molar-refractivity contribution in [2.75, 3.05) is 26.2 Å². The number of carboxylic acid groups (broad SMARTS) is 1. The summed E-state index contributed by atoms with van der Waals surface area (Å²) in [7, 11) is 0. The lowest BCUT2D eigenvalue weighted by atomic mass is 9.81. The molecule has 24 heavy (non-hydrogen) atoms. The van der Waals surface area contributed by atoms with Gasteiger partial charge in [0.25, 0.3) is 0 Å². The summed E-state index contributed by atoms with van der Waals surface area (Å²) in [5.74, 6) is -0.332. The minimum Gasteiger partial charge on any atom is -0.481 e. The first-order valence-corrected chi connectivity index (χ1v) is 9.26. The van der Waals surface area contributed by atoms with Crippen molar-refractivity contribution in [1.29, 1.82) is 0 Å². The SMILES string of the molecule is O=C(O)[C@@]12CN(Cc3ccncc3)C[C@@H]1CN(C1CCCCC1)C2. The van der Waals surface area contributed by atoms with Crippen LogP contribution in [0, 0.1) is 11.3 Å². The summed E-state index contributed by atoms with van der Waals surface area (Å²) < 4.78 is 0. The van der Waals surface area contributed by atoms with E-state index in [1.54, 1.807) is 0 Å². The van der Waals surface area contributed by atoms with E-state index < -0.39 is 11.4 Å². The summed E-state index contributed by atoms with van der Waals surface area (Å²) in [5.41, 5.74) is 0.652. The fraction of sp³-hybridized carbons (Fsp3) is 0.684. The lowest BCUT2D eigenvalue weighted by Gasteiger charge is -2.33. The lowest BCUT2D eigenvalue weighted by Crippen LogP contribution is -2.43. The quantitative estimate of drug-likeness (QED) is 0.918. The number of carboxylic acids is 1. The number of pyridine rings is 1. The molecule has 0 amide bonds. The molecule has 2 saturated heterocycles. The molecule has 1 aromatic rings. The highest BCUT2D eigenvalue weighted by molar-refractivity contribution is 5.77. The zero-order valence-electron chi connectivity index (χ0n) is 14.2. The molecule has 2 aliphatic heterocycles. The zero-order valence-corrected chi connectivity index (χ0v) is 14.2. The molecule has 4 rings (SSSR count). The van der Waals surface area contributed by atoms with Crippen LogP contribution in [0.3, 0.4) is 0 Å². The van der Waals surface area contributed by atoms with E-state index in [2.05, 4.69) is 14.8 Å². The van der Waals surface area contributed by atoms with Crippen molar-refractivity contribution in [3.63, 3.8) is 0 Å². The van der Waals surface area contributed by atoms with Gasteiger partial charge < -0.3 is 5.11 Å². The van der Waals surface area contributed by atoms with E-state index in [9.17, 15) is 9.90 Å². The fourth-order valence-corrected chi connectivity index (χ4v) is 5.10. The van der Waals surface area contributed by atoms with Gasteiger partial charge in [0.2, 0.25) is 0 Å². The summed E-state index contributed by atoms with van der Waals surface area (Å²) in [6, 6.07) is 4.67. The molecule has 130 valence electrons. The Hall–Kier alpha value is -1.46. The molecule has 0 radical (unpaired) electrons. The Morgan fingerprint density at radius 3 is 2.58 bits per heavy atom. The highest BCUT2D eigenvalue weighted by atomic mass is 16.4. The average Bonchev–Trinajstić information content (AvgIpc) is 3.11. The minimum absolute atomic E-state index is 0.263. The first kappa shape index (κ1) is 16.0. The number of rotatable bonds is 4. The molecule has 1 N–H and O–H groups in total. The Labute approximate surface area is 143 Å². The molecule has 1 aliphatic carbocycles. The van der Waals surface area contributed by atoms with E-state index in [-0.39, 0.29) is 5.92 Å². The van der Waals surface area contributed by atoms with E-state index in [1.807, 2.05) is 24.5 Å². The van der Waals surface area contributed by atoms with Crippen molar-refractivity contribution >= 4 is 5.97 Å². The molecular formula is C19H27N3O2. The van der Waals surface area contributed by atoms with Gasteiger partial charge in [0.05, 0.1) is 5.41 Å². The molecule has 5 nitrogen and oxygen atoms in total. The summed E-state index contributed by atoms with van der Waals surface area (Å²) in [5, 5.41) is 10.0. The van der Waals surface area contributed by atoms with Crippen LogP contribution in [0.15, 0.2) is 24.5 Å². The zero-order chi connectivity index (χ0) is 16.6. The largest absolute Gasteiger partial charge is 0.481 e. The van der Waals surface area contributed by atoms with Crippen molar-refractivity contribution in [2.24, 2.45) is 11.3 Å². The van der Waals surface area contributed by atoms with Crippen LogP contribution < -0.4 is 0 Å². The first-order chi connectivity index (χ1) is 11.7. The Bertz CT molecular complexity index is 588. The van der Waals surface area contributed by atoms with Gasteiger partial charge in [-0.2, -0.15) is 0 Å². The average molecular weight is 329 g/mol. The molecule has 1 saturated carbocycles. The molecule has 0 spiro atoms. The van der Waals surface area contributed by atoms with Crippen LogP contribution >= 0.6 is 0 Å². The number of carbonyl (C=O) groups is 1. The monoisotopic (exact) mass is 329 g/mol. The van der Waals surface area contributed by atoms with Crippen LogP contribution in [-0.2, 0) is 11.3 Å². The smallest absolute Gasteiger partial charge is 0.312 e. The first-order valence-electron chi connectivity index (χ1n) is 9.26. The van der Waals surface area contributed by atoms with Crippen LogP contribution in [0.4, 0.5) is 0 Å². The van der Waals surface area contributed by atoms with Crippen molar-refractivity contribution in [2.45, 2.75) is 44.7 Å². The van der Waals surface area contributed by atoms with Gasteiger partial charge >= 0.3 is 5.97 Å². The fourth-order valence-electron chi connectivity index (χ4n) is 5.10.